The Labute approximate surface area is 70.5 Å². The second-order valence-corrected chi connectivity index (χ2v) is 46.1. The zero-order valence-corrected chi connectivity index (χ0v) is 16.6. The summed E-state index contributed by atoms with van der Waals surface area (Å²) < 4.78 is 0. The molecule has 0 heterocycles. The Morgan fingerprint density at radius 3 is 1.29 bits per heavy atom. The Kier molecular flexibility index (Phi) is 17.7. The molecule has 0 nitrogen and oxygen atoms in total. The lowest BCUT2D eigenvalue weighted by Crippen LogP contribution is -2.18. The normalized spacial score (nSPS) is 15.4. The minimum atomic E-state index is 0. The molecule has 0 amide bonds. The molecule has 0 aliphatic heterocycles. The summed E-state index contributed by atoms with van der Waals surface area (Å²) in [7, 11) is 6.67. The molecule has 7 heteroatoms. The zero-order valence-electron chi connectivity index (χ0n) is 5.24. The minimum Gasteiger partial charge on any atom is -0.114 e. The summed E-state index contributed by atoms with van der Waals surface area (Å²) in [6.45, 7) is 0. The maximum absolute atomic E-state index is 1.68. The molecule has 0 radical (unpaired) electrons. The summed E-state index contributed by atoms with van der Waals surface area (Å²) in [6, 6.07) is 0. The minimum absolute atomic E-state index is 0. The molecule has 0 saturated carbocycles. The summed E-state index contributed by atoms with van der Waals surface area (Å²) in [5.41, 5.74) is 0. The zero-order chi connectivity index (χ0) is 4.83. The predicted molar refractivity (Wildman–Crippen MR) is 64.4 cm³/mol. The molecular formula is H15BrSi6. The highest BCUT2D eigenvalue weighted by atomic mass is 79.9. The second-order valence-electron chi connectivity index (χ2n) is 1.71. The Morgan fingerprint density at radius 1 is 0.857 bits per heavy atom. The number of hydrogen-bond acceptors (Lipinski definition) is 0. The van der Waals surface area contributed by atoms with Gasteiger partial charge in [0.25, 0.3) is 0 Å². The lowest BCUT2D eigenvalue weighted by molar-refractivity contribution is 3.95. The third-order valence-electron chi connectivity index (χ3n) is 0.957. The molecule has 0 aromatic heterocycles. The van der Waals surface area contributed by atoms with Crippen LogP contribution < -0.4 is 0 Å². The summed E-state index contributed by atoms with van der Waals surface area (Å²) >= 11 is 0. The maximum atomic E-state index is 1.68. The van der Waals surface area contributed by atoms with Crippen molar-refractivity contribution in [3.8, 4) is 0 Å². The predicted octanol–water partition coefficient (Wildman–Crippen LogP) is -5.45. The Morgan fingerprint density at radius 2 is 1.14 bits per heavy atom. The first-order chi connectivity index (χ1) is 2.91. The number of halogens is 1. The molecule has 0 N–H and O–H groups in total. The molecule has 0 rings (SSSR count). The summed E-state index contributed by atoms with van der Waals surface area (Å²) in [4.78, 5) is 0. The van der Waals surface area contributed by atoms with Gasteiger partial charge in [0, 0.05) is 0 Å². The maximum Gasteiger partial charge on any atom is -0.00939 e. The second kappa shape index (κ2) is 10.7. The lowest BCUT2D eigenvalue weighted by atomic mass is 26.3. The highest BCUT2D eigenvalue weighted by Crippen LogP contribution is 1.42. The van der Waals surface area contributed by atoms with E-state index >= 15 is 0 Å². The van der Waals surface area contributed by atoms with E-state index in [-0.39, 0.29) is 17.0 Å². The molecule has 7 heavy (non-hydrogen) atoms. The summed E-state index contributed by atoms with van der Waals surface area (Å²) in [5, 5.41) is 0. The van der Waals surface area contributed by atoms with Crippen molar-refractivity contribution in [1.82, 2.24) is 0 Å². The van der Waals surface area contributed by atoms with Gasteiger partial charge in [-0.2, -0.15) is 0 Å². The van der Waals surface area contributed by atoms with E-state index in [1.165, 1.54) is 0 Å². The van der Waals surface area contributed by atoms with Crippen molar-refractivity contribution in [2.45, 2.75) is 0 Å². The molecular weight excluding hydrogens is 248 g/mol. The Bertz CT molecular complexity index is 16.1. The first kappa shape index (κ1) is 11.6. The molecule has 0 fully saturated rings. The van der Waals surface area contributed by atoms with Crippen molar-refractivity contribution < 1.29 is 0 Å². The molecule has 0 aromatic carbocycles. The quantitative estimate of drug-likeness (QED) is 0.352. The van der Waals surface area contributed by atoms with Crippen LogP contribution in [0.1, 0.15) is 0 Å². The number of hydrogen-bond donors (Lipinski definition) is 0. The van der Waals surface area contributed by atoms with Crippen LogP contribution in [0.3, 0.4) is 0 Å². The van der Waals surface area contributed by atoms with Crippen LogP contribution in [0.5, 0.6) is 0 Å². The highest BCUT2D eigenvalue weighted by molar-refractivity contribution is 8.93. The molecule has 0 bridgehead atoms. The summed E-state index contributed by atoms with van der Waals surface area (Å²) in [6.07, 6.45) is 0. The number of rotatable bonds is 3. The Hall–Kier alpha value is 1.78. The van der Waals surface area contributed by atoms with Crippen molar-refractivity contribution in [2.24, 2.45) is 0 Å². The third kappa shape index (κ3) is 11.4. The van der Waals surface area contributed by atoms with E-state index in [2.05, 4.69) is 0 Å². The van der Waals surface area contributed by atoms with Gasteiger partial charge in [-0.05, 0) is 53.7 Å². The molecule has 0 spiro atoms. The van der Waals surface area contributed by atoms with Crippen LogP contribution >= 0.6 is 17.0 Å². The van der Waals surface area contributed by atoms with Crippen molar-refractivity contribution in [3.05, 3.63) is 0 Å². The fraction of sp³-hybridized carbons (Fsp3) is 0. The SMILES string of the molecule is Br.[SiH3][SiH2][SiH2][SiH2][SiH2][SiH3]. The van der Waals surface area contributed by atoms with E-state index in [0.29, 0.717) is 0 Å². The average Bonchev–Trinajstić information content (AvgIpc) is 1.61. The molecule has 0 atom stereocenters. The third-order valence-corrected chi connectivity index (χ3v) is 77.5. The topological polar surface area (TPSA) is 0 Å². The van der Waals surface area contributed by atoms with Gasteiger partial charge >= 0.3 is 0 Å². The van der Waals surface area contributed by atoms with Crippen LogP contribution in [0.4, 0.5) is 0 Å². The smallest absolute Gasteiger partial charge is 0.00939 e. The van der Waals surface area contributed by atoms with Crippen LogP contribution in [0, 0.1) is 0 Å². The molecule has 0 aromatic rings. The molecule has 0 aliphatic rings. The van der Waals surface area contributed by atoms with Crippen molar-refractivity contribution in [3.63, 3.8) is 0 Å². The van der Waals surface area contributed by atoms with Crippen LogP contribution in [0.25, 0.3) is 0 Å². The van der Waals surface area contributed by atoms with Crippen LogP contribution in [0.2, 0.25) is 0 Å². The van der Waals surface area contributed by atoms with Gasteiger partial charge in [0.1, 0.15) is 0 Å². The monoisotopic (exact) mass is 262 g/mol. The van der Waals surface area contributed by atoms with E-state index in [1.54, 1.807) is 19.5 Å². The fourth-order valence-electron chi connectivity index (χ4n) is 0.500. The highest BCUT2D eigenvalue weighted by Gasteiger charge is 1.79. The molecule has 0 saturated heterocycles. The largest absolute Gasteiger partial charge is 0.114 e. The lowest BCUT2D eigenvalue weighted by Gasteiger charge is -1.81. The molecule has 46 valence electrons. The van der Waals surface area contributed by atoms with Gasteiger partial charge in [-0.3, -0.25) is 0 Å². The molecule has 0 aliphatic carbocycles. The first-order valence-corrected chi connectivity index (χ1v) is 26.2. The van der Waals surface area contributed by atoms with E-state index in [1.807, 2.05) is 0 Å². The van der Waals surface area contributed by atoms with Gasteiger partial charge in [-0.15, -0.1) is 17.0 Å². The van der Waals surface area contributed by atoms with Crippen molar-refractivity contribution in [2.75, 3.05) is 0 Å². The first-order valence-electron chi connectivity index (χ1n) is 2.91. The van der Waals surface area contributed by atoms with Crippen molar-refractivity contribution >= 4 is 70.7 Å². The van der Waals surface area contributed by atoms with Gasteiger partial charge in [0.05, 0.1) is 0 Å². The van der Waals surface area contributed by atoms with E-state index in [4.69, 9.17) is 0 Å². The van der Waals surface area contributed by atoms with E-state index in [0.717, 1.165) is 34.2 Å². The van der Waals surface area contributed by atoms with E-state index in [9.17, 15) is 0 Å². The van der Waals surface area contributed by atoms with Gasteiger partial charge in [0.15, 0.2) is 0 Å². The van der Waals surface area contributed by atoms with Gasteiger partial charge < -0.3 is 0 Å². The van der Waals surface area contributed by atoms with Gasteiger partial charge in [-0.25, -0.2) is 0 Å². The molecule has 0 unspecified atom stereocenters. The van der Waals surface area contributed by atoms with Crippen LogP contribution in [-0.2, 0) is 0 Å². The van der Waals surface area contributed by atoms with Crippen molar-refractivity contribution in [1.29, 1.82) is 0 Å². The van der Waals surface area contributed by atoms with Crippen LogP contribution in [-0.4, -0.2) is 53.7 Å². The van der Waals surface area contributed by atoms with Crippen LogP contribution in [0.15, 0.2) is 0 Å². The summed E-state index contributed by atoms with van der Waals surface area (Å²) in [5.74, 6) is 0. The standard InChI is InChI=1S/BrH.H14Si6/c;1-3-5-6-4-2/h1H;3-6H2,1-2H3. The van der Waals surface area contributed by atoms with E-state index < -0.39 is 0 Å². The average molecular weight is 264 g/mol. The van der Waals surface area contributed by atoms with Gasteiger partial charge in [-0.1, -0.05) is 0 Å². The van der Waals surface area contributed by atoms with Gasteiger partial charge in [0.2, 0.25) is 0 Å². The Balaban J connectivity index is 0. The fourth-order valence-corrected chi connectivity index (χ4v) is 121.